The maximum absolute atomic E-state index is 12.2. The van der Waals surface area contributed by atoms with Crippen molar-refractivity contribution in [3.8, 4) is 0 Å². The minimum absolute atomic E-state index is 0.235. The molecule has 1 heterocycles. The monoisotopic (exact) mass is 270 g/mol. The molecule has 2 atom stereocenters. The van der Waals surface area contributed by atoms with Gasteiger partial charge in [-0.05, 0) is 50.0 Å². The first-order valence-corrected chi connectivity index (χ1v) is 7.67. The number of rotatable bonds is 8. The van der Waals surface area contributed by atoms with Gasteiger partial charge in [-0.3, -0.25) is 4.79 Å². The van der Waals surface area contributed by atoms with Crippen LogP contribution in [0.1, 0.15) is 46.0 Å². The van der Waals surface area contributed by atoms with E-state index in [2.05, 4.69) is 13.8 Å². The molecule has 112 valence electrons. The Morgan fingerprint density at radius 1 is 1.42 bits per heavy atom. The van der Waals surface area contributed by atoms with E-state index in [4.69, 9.17) is 10.8 Å². The van der Waals surface area contributed by atoms with Crippen molar-refractivity contribution in [1.82, 2.24) is 4.90 Å². The molecule has 0 spiro atoms. The Kier molecular flexibility index (Phi) is 7.39. The van der Waals surface area contributed by atoms with Crippen molar-refractivity contribution in [1.29, 1.82) is 0 Å². The highest BCUT2D eigenvalue weighted by Gasteiger charge is 2.26. The average molecular weight is 270 g/mol. The third-order valence-corrected chi connectivity index (χ3v) is 4.39. The highest BCUT2D eigenvalue weighted by molar-refractivity contribution is 5.76. The largest absolute Gasteiger partial charge is 0.396 e. The summed E-state index contributed by atoms with van der Waals surface area (Å²) in [5.41, 5.74) is 5.63. The van der Waals surface area contributed by atoms with Crippen molar-refractivity contribution in [3.05, 3.63) is 0 Å². The van der Waals surface area contributed by atoms with E-state index in [0.29, 0.717) is 30.7 Å². The van der Waals surface area contributed by atoms with Crippen molar-refractivity contribution in [2.24, 2.45) is 23.5 Å². The molecule has 4 nitrogen and oxygen atoms in total. The SMILES string of the molecule is CC(C)C(CCN)CCC(=O)N1CCC(CCO)C1. The van der Waals surface area contributed by atoms with Crippen LogP contribution in [0.3, 0.4) is 0 Å². The Labute approximate surface area is 117 Å². The lowest BCUT2D eigenvalue weighted by Gasteiger charge is -2.22. The van der Waals surface area contributed by atoms with Gasteiger partial charge in [-0.2, -0.15) is 0 Å². The molecule has 2 unspecified atom stereocenters. The fraction of sp³-hybridized carbons (Fsp3) is 0.933. The fourth-order valence-electron chi connectivity index (χ4n) is 2.97. The number of aliphatic hydroxyl groups excluding tert-OH is 1. The van der Waals surface area contributed by atoms with Gasteiger partial charge in [0.2, 0.25) is 5.91 Å². The van der Waals surface area contributed by atoms with E-state index in [1.165, 1.54) is 0 Å². The van der Waals surface area contributed by atoms with Crippen LogP contribution in [0.2, 0.25) is 0 Å². The number of nitrogens with two attached hydrogens (primary N) is 1. The standard InChI is InChI=1S/C15H30N2O2/c1-12(2)14(5-8-16)3-4-15(19)17-9-6-13(11-17)7-10-18/h12-14,18H,3-11,16H2,1-2H3. The summed E-state index contributed by atoms with van der Waals surface area (Å²) in [6.45, 7) is 7.06. The van der Waals surface area contributed by atoms with Crippen LogP contribution in [0.4, 0.5) is 0 Å². The molecule has 1 amide bonds. The summed E-state index contributed by atoms with van der Waals surface area (Å²) in [6, 6.07) is 0. The van der Waals surface area contributed by atoms with Gasteiger partial charge >= 0.3 is 0 Å². The maximum Gasteiger partial charge on any atom is 0.222 e. The van der Waals surface area contributed by atoms with Crippen LogP contribution in [0.15, 0.2) is 0 Å². The first kappa shape index (κ1) is 16.4. The number of hydrogen-bond donors (Lipinski definition) is 2. The van der Waals surface area contributed by atoms with E-state index in [0.717, 1.165) is 38.8 Å². The molecule has 1 rings (SSSR count). The van der Waals surface area contributed by atoms with E-state index < -0.39 is 0 Å². The van der Waals surface area contributed by atoms with E-state index in [-0.39, 0.29) is 12.5 Å². The molecule has 0 aromatic heterocycles. The van der Waals surface area contributed by atoms with Gasteiger partial charge in [-0.15, -0.1) is 0 Å². The lowest BCUT2D eigenvalue weighted by Crippen LogP contribution is -2.29. The molecule has 0 aromatic rings. The molecule has 4 heteroatoms. The predicted octanol–water partition coefficient (Wildman–Crippen LogP) is 1.62. The Bertz CT molecular complexity index is 269. The van der Waals surface area contributed by atoms with Gasteiger partial charge in [0.1, 0.15) is 0 Å². The van der Waals surface area contributed by atoms with E-state index in [1.807, 2.05) is 4.90 Å². The number of amides is 1. The number of aliphatic hydroxyl groups is 1. The van der Waals surface area contributed by atoms with Crippen LogP contribution in [0, 0.1) is 17.8 Å². The van der Waals surface area contributed by atoms with Crippen LogP contribution in [0.5, 0.6) is 0 Å². The van der Waals surface area contributed by atoms with Crippen molar-refractivity contribution in [2.45, 2.75) is 46.0 Å². The van der Waals surface area contributed by atoms with Gasteiger partial charge in [0.05, 0.1) is 0 Å². The summed E-state index contributed by atoms with van der Waals surface area (Å²) in [4.78, 5) is 14.1. The maximum atomic E-state index is 12.2. The van der Waals surface area contributed by atoms with Gasteiger partial charge in [0.25, 0.3) is 0 Å². The summed E-state index contributed by atoms with van der Waals surface area (Å²) in [6.07, 6.45) is 4.48. The Balaban J connectivity index is 2.31. The number of carbonyl (C=O) groups is 1. The molecule has 19 heavy (non-hydrogen) atoms. The Hall–Kier alpha value is -0.610. The lowest BCUT2D eigenvalue weighted by molar-refractivity contribution is -0.130. The molecule has 0 aromatic carbocycles. The second-order valence-corrected chi connectivity index (χ2v) is 6.13. The number of hydrogen-bond acceptors (Lipinski definition) is 3. The highest BCUT2D eigenvalue weighted by atomic mass is 16.3. The number of carbonyl (C=O) groups excluding carboxylic acids is 1. The van der Waals surface area contributed by atoms with Crippen LogP contribution < -0.4 is 5.73 Å². The molecular weight excluding hydrogens is 240 g/mol. The second kappa shape index (κ2) is 8.54. The molecule has 0 radical (unpaired) electrons. The Morgan fingerprint density at radius 3 is 2.74 bits per heavy atom. The molecule has 3 N–H and O–H groups in total. The predicted molar refractivity (Wildman–Crippen MR) is 77.6 cm³/mol. The zero-order valence-corrected chi connectivity index (χ0v) is 12.5. The normalized spacial score (nSPS) is 21.1. The quantitative estimate of drug-likeness (QED) is 0.704. The van der Waals surface area contributed by atoms with Crippen LogP contribution in [-0.2, 0) is 4.79 Å². The van der Waals surface area contributed by atoms with Crippen LogP contribution in [0.25, 0.3) is 0 Å². The zero-order valence-electron chi connectivity index (χ0n) is 12.5. The summed E-state index contributed by atoms with van der Waals surface area (Å²) >= 11 is 0. The van der Waals surface area contributed by atoms with Gasteiger partial charge in [-0.1, -0.05) is 13.8 Å². The minimum Gasteiger partial charge on any atom is -0.396 e. The van der Waals surface area contributed by atoms with Gasteiger partial charge < -0.3 is 15.7 Å². The molecule has 1 saturated heterocycles. The summed E-state index contributed by atoms with van der Waals surface area (Å²) in [5, 5.41) is 8.93. The first-order valence-electron chi connectivity index (χ1n) is 7.67. The zero-order chi connectivity index (χ0) is 14.3. The average Bonchev–Trinajstić information content (AvgIpc) is 2.83. The first-order chi connectivity index (χ1) is 9.08. The third-order valence-electron chi connectivity index (χ3n) is 4.39. The number of likely N-dealkylation sites (tertiary alicyclic amines) is 1. The second-order valence-electron chi connectivity index (χ2n) is 6.13. The van der Waals surface area contributed by atoms with Crippen molar-refractivity contribution in [3.63, 3.8) is 0 Å². The molecule has 0 aliphatic carbocycles. The third kappa shape index (κ3) is 5.49. The molecule has 0 saturated carbocycles. The highest BCUT2D eigenvalue weighted by Crippen LogP contribution is 2.23. The van der Waals surface area contributed by atoms with Gasteiger partial charge in [-0.25, -0.2) is 0 Å². The van der Waals surface area contributed by atoms with Crippen molar-refractivity contribution >= 4 is 5.91 Å². The summed E-state index contributed by atoms with van der Waals surface area (Å²) in [5.74, 6) is 1.93. The van der Waals surface area contributed by atoms with Gasteiger partial charge in [0.15, 0.2) is 0 Å². The fourth-order valence-corrected chi connectivity index (χ4v) is 2.97. The molecular formula is C15H30N2O2. The van der Waals surface area contributed by atoms with Crippen molar-refractivity contribution in [2.75, 3.05) is 26.2 Å². The van der Waals surface area contributed by atoms with E-state index in [1.54, 1.807) is 0 Å². The van der Waals surface area contributed by atoms with Crippen LogP contribution >= 0.6 is 0 Å². The van der Waals surface area contributed by atoms with E-state index in [9.17, 15) is 4.79 Å². The topological polar surface area (TPSA) is 66.6 Å². The molecule has 0 bridgehead atoms. The molecule has 1 fully saturated rings. The Morgan fingerprint density at radius 2 is 2.16 bits per heavy atom. The minimum atomic E-state index is 0.235. The van der Waals surface area contributed by atoms with Crippen LogP contribution in [-0.4, -0.2) is 42.2 Å². The van der Waals surface area contributed by atoms with Crippen molar-refractivity contribution < 1.29 is 9.90 Å². The summed E-state index contributed by atoms with van der Waals surface area (Å²) in [7, 11) is 0. The number of nitrogens with zero attached hydrogens (tertiary/aromatic N) is 1. The lowest BCUT2D eigenvalue weighted by atomic mass is 9.88. The van der Waals surface area contributed by atoms with Gasteiger partial charge in [0, 0.05) is 26.1 Å². The molecule has 1 aliphatic rings. The smallest absolute Gasteiger partial charge is 0.222 e. The molecule has 1 aliphatic heterocycles. The summed E-state index contributed by atoms with van der Waals surface area (Å²) < 4.78 is 0. The van der Waals surface area contributed by atoms with E-state index >= 15 is 0 Å².